The number of aryl methyl sites for hydroxylation is 3. The first kappa shape index (κ1) is 19.5. The molecule has 0 unspecified atom stereocenters. The average Bonchev–Trinajstić information content (AvgIpc) is 3.31. The molecule has 2 heterocycles. The number of thiophene rings is 1. The third-order valence-corrected chi connectivity index (χ3v) is 6.13. The Kier molecular flexibility index (Phi) is 6.20. The zero-order chi connectivity index (χ0) is 19.4. The number of para-hydroxylation sites is 1. The first-order valence-corrected chi connectivity index (χ1v) is 10.6. The molecule has 27 heavy (non-hydrogen) atoms. The fourth-order valence-electron chi connectivity index (χ4n) is 2.63. The Labute approximate surface area is 171 Å². The summed E-state index contributed by atoms with van der Waals surface area (Å²) in [4.78, 5) is 17.6. The zero-order valence-electron chi connectivity index (χ0n) is 15.3. The van der Waals surface area contributed by atoms with Crippen molar-refractivity contribution in [1.29, 1.82) is 0 Å². The number of thiocarbonyl (C=S) groups is 1. The van der Waals surface area contributed by atoms with Crippen molar-refractivity contribution >= 4 is 51.6 Å². The molecule has 5 nitrogen and oxygen atoms in total. The van der Waals surface area contributed by atoms with Crippen LogP contribution in [0.25, 0.3) is 10.6 Å². The number of aromatic nitrogens is 1. The van der Waals surface area contributed by atoms with Crippen LogP contribution < -0.4 is 16.2 Å². The summed E-state index contributed by atoms with van der Waals surface area (Å²) >= 11 is 8.30. The lowest BCUT2D eigenvalue weighted by molar-refractivity contribution is 0.0947. The first-order valence-electron chi connectivity index (χ1n) is 8.45. The van der Waals surface area contributed by atoms with E-state index in [2.05, 4.69) is 34.1 Å². The van der Waals surface area contributed by atoms with Crippen molar-refractivity contribution in [2.45, 2.75) is 27.2 Å². The van der Waals surface area contributed by atoms with Gasteiger partial charge in [0.25, 0.3) is 5.91 Å². The molecule has 0 atom stereocenters. The Bertz CT molecular complexity index is 964. The molecule has 140 valence electrons. The van der Waals surface area contributed by atoms with E-state index in [1.54, 1.807) is 11.3 Å². The fourth-order valence-corrected chi connectivity index (χ4v) is 4.46. The lowest BCUT2D eigenvalue weighted by Gasteiger charge is -2.16. The van der Waals surface area contributed by atoms with Crippen LogP contribution in [0.15, 0.2) is 35.0 Å². The number of carbonyl (C=O) groups excluding carboxylic acids is 1. The van der Waals surface area contributed by atoms with E-state index < -0.39 is 0 Å². The Morgan fingerprint density at radius 3 is 2.74 bits per heavy atom. The van der Waals surface area contributed by atoms with Crippen molar-refractivity contribution in [2.75, 3.05) is 5.32 Å². The van der Waals surface area contributed by atoms with Gasteiger partial charge in [-0.15, -0.1) is 11.3 Å². The molecule has 1 aromatic carbocycles. The van der Waals surface area contributed by atoms with Crippen LogP contribution in [-0.4, -0.2) is 16.0 Å². The van der Waals surface area contributed by atoms with Crippen LogP contribution in [0.2, 0.25) is 0 Å². The molecule has 3 rings (SSSR count). The number of rotatable bonds is 4. The quantitative estimate of drug-likeness (QED) is 0.426. The summed E-state index contributed by atoms with van der Waals surface area (Å²) in [5.41, 5.74) is 10.4. The predicted molar refractivity (Wildman–Crippen MR) is 118 cm³/mol. The van der Waals surface area contributed by atoms with Gasteiger partial charge < -0.3 is 5.32 Å². The molecule has 0 aliphatic heterocycles. The van der Waals surface area contributed by atoms with E-state index in [0.717, 1.165) is 28.2 Å². The normalized spacial score (nSPS) is 10.5. The number of hydrogen-bond donors (Lipinski definition) is 3. The maximum Gasteiger partial charge on any atom is 0.281 e. The highest BCUT2D eigenvalue weighted by Gasteiger charge is 2.17. The minimum atomic E-state index is -0.254. The second-order valence-corrected chi connectivity index (χ2v) is 8.13. The van der Waals surface area contributed by atoms with Gasteiger partial charge in [-0.05, 0) is 55.1 Å². The molecule has 0 radical (unpaired) electrons. The maximum absolute atomic E-state index is 12.5. The van der Waals surface area contributed by atoms with E-state index in [1.807, 2.05) is 42.8 Å². The van der Waals surface area contributed by atoms with E-state index in [1.165, 1.54) is 16.9 Å². The molecule has 3 aromatic rings. The molecule has 8 heteroatoms. The molecule has 0 bridgehead atoms. The smallest absolute Gasteiger partial charge is 0.281 e. The largest absolute Gasteiger partial charge is 0.331 e. The molecule has 2 aromatic heterocycles. The molecule has 1 amide bonds. The van der Waals surface area contributed by atoms with Crippen LogP contribution in [0, 0.1) is 13.8 Å². The fraction of sp³-hybridized carbons (Fsp3) is 0.211. The maximum atomic E-state index is 12.5. The van der Waals surface area contributed by atoms with Crippen LogP contribution >= 0.6 is 34.9 Å². The highest BCUT2D eigenvalue weighted by molar-refractivity contribution is 7.80. The summed E-state index contributed by atoms with van der Waals surface area (Å²) in [6.07, 6.45) is 0.893. The molecular weight excluding hydrogens is 396 g/mol. The highest BCUT2D eigenvalue weighted by Crippen LogP contribution is 2.29. The molecule has 0 saturated carbocycles. The SMILES string of the molecule is CCc1cccc(C)c1NC(=S)NNC(=O)c1sc(-c2ccsc2)nc1C. The minimum absolute atomic E-state index is 0.254. The molecule has 0 saturated heterocycles. The number of hydrogen-bond acceptors (Lipinski definition) is 5. The van der Waals surface area contributed by atoms with Gasteiger partial charge in [0.1, 0.15) is 9.88 Å². The second kappa shape index (κ2) is 8.60. The van der Waals surface area contributed by atoms with Gasteiger partial charge in [-0.25, -0.2) is 4.98 Å². The molecular formula is C19H20N4OS3. The van der Waals surface area contributed by atoms with E-state index in [9.17, 15) is 4.79 Å². The number of benzene rings is 1. The van der Waals surface area contributed by atoms with Gasteiger partial charge in [-0.2, -0.15) is 11.3 Å². The number of hydrazine groups is 1. The van der Waals surface area contributed by atoms with Gasteiger partial charge in [0, 0.05) is 16.6 Å². The molecule has 0 aliphatic rings. The second-order valence-electron chi connectivity index (χ2n) is 5.94. The number of nitrogens with zero attached hydrogens (tertiary/aromatic N) is 1. The van der Waals surface area contributed by atoms with Crippen molar-refractivity contribution in [3.63, 3.8) is 0 Å². The van der Waals surface area contributed by atoms with Crippen molar-refractivity contribution in [3.8, 4) is 10.6 Å². The average molecular weight is 417 g/mol. The lowest BCUT2D eigenvalue weighted by Crippen LogP contribution is -2.43. The highest BCUT2D eigenvalue weighted by atomic mass is 32.1. The summed E-state index contributed by atoms with van der Waals surface area (Å²) in [6, 6.07) is 8.10. The third kappa shape index (κ3) is 4.52. The number of amides is 1. The van der Waals surface area contributed by atoms with Gasteiger partial charge in [-0.1, -0.05) is 25.1 Å². The molecule has 0 spiro atoms. The van der Waals surface area contributed by atoms with E-state index in [-0.39, 0.29) is 5.91 Å². The Balaban J connectivity index is 1.64. The summed E-state index contributed by atoms with van der Waals surface area (Å²) in [5.74, 6) is -0.254. The van der Waals surface area contributed by atoms with Crippen molar-refractivity contribution in [2.24, 2.45) is 0 Å². The Morgan fingerprint density at radius 2 is 2.04 bits per heavy atom. The lowest BCUT2D eigenvalue weighted by atomic mass is 10.1. The summed E-state index contributed by atoms with van der Waals surface area (Å²) in [6.45, 7) is 5.95. The van der Waals surface area contributed by atoms with Gasteiger partial charge in [-0.3, -0.25) is 15.6 Å². The number of nitrogens with one attached hydrogen (secondary N) is 3. The number of thiazole rings is 1. The Morgan fingerprint density at radius 1 is 1.22 bits per heavy atom. The van der Waals surface area contributed by atoms with Gasteiger partial charge in [0.05, 0.1) is 5.69 Å². The summed E-state index contributed by atoms with van der Waals surface area (Å²) in [5, 5.41) is 8.37. The third-order valence-electron chi connectivity index (χ3n) is 4.04. The van der Waals surface area contributed by atoms with Crippen LogP contribution in [-0.2, 0) is 6.42 Å². The standard InChI is InChI=1S/C19H20N4OS3/c1-4-13-7-5-6-11(2)15(13)21-19(25)23-22-17(24)16-12(3)20-18(27-16)14-8-9-26-10-14/h5-10H,4H2,1-3H3,(H,22,24)(H2,21,23,25). The van der Waals surface area contributed by atoms with Gasteiger partial charge in [0.15, 0.2) is 5.11 Å². The van der Waals surface area contributed by atoms with Crippen molar-refractivity contribution in [3.05, 3.63) is 56.7 Å². The zero-order valence-corrected chi connectivity index (χ0v) is 17.7. The molecule has 3 N–H and O–H groups in total. The molecule has 0 aliphatic carbocycles. The summed E-state index contributed by atoms with van der Waals surface area (Å²) in [7, 11) is 0. The van der Waals surface area contributed by atoms with Gasteiger partial charge >= 0.3 is 0 Å². The van der Waals surface area contributed by atoms with E-state index in [4.69, 9.17) is 12.2 Å². The number of anilines is 1. The molecule has 0 fully saturated rings. The van der Waals surface area contributed by atoms with Crippen LogP contribution in [0.1, 0.15) is 33.4 Å². The Hall–Kier alpha value is -2.29. The summed E-state index contributed by atoms with van der Waals surface area (Å²) < 4.78 is 0. The van der Waals surface area contributed by atoms with Crippen molar-refractivity contribution < 1.29 is 4.79 Å². The topological polar surface area (TPSA) is 66.0 Å². The monoisotopic (exact) mass is 416 g/mol. The van der Waals surface area contributed by atoms with Crippen LogP contribution in [0.5, 0.6) is 0 Å². The van der Waals surface area contributed by atoms with E-state index in [0.29, 0.717) is 15.7 Å². The number of carbonyl (C=O) groups is 1. The van der Waals surface area contributed by atoms with E-state index >= 15 is 0 Å². The minimum Gasteiger partial charge on any atom is -0.331 e. The van der Waals surface area contributed by atoms with Crippen LogP contribution in [0.3, 0.4) is 0 Å². The van der Waals surface area contributed by atoms with Crippen molar-refractivity contribution in [1.82, 2.24) is 15.8 Å². The first-order chi connectivity index (χ1) is 13.0. The van der Waals surface area contributed by atoms with Crippen LogP contribution in [0.4, 0.5) is 5.69 Å². The predicted octanol–water partition coefficient (Wildman–Crippen LogP) is 4.68. The van der Waals surface area contributed by atoms with Gasteiger partial charge in [0.2, 0.25) is 0 Å².